The van der Waals surface area contributed by atoms with Gasteiger partial charge in [0.2, 0.25) is 0 Å². The Morgan fingerprint density at radius 3 is 2.89 bits per heavy atom. The van der Waals surface area contributed by atoms with Gasteiger partial charge in [-0.15, -0.1) is 0 Å². The highest BCUT2D eigenvalue weighted by Gasteiger charge is 2.18. The molecular weight excluding hydrogens is 354 g/mol. The molecule has 0 saturated carbocycles. The summed E-state index contributed by atoms with van der Waals surface area (Å²) in [5, 5.41) is 7.29. The molecule has 1 atom stereocenters. The first-order chi connectivity index (χ1) is 13.7. The lowest BCUT2D eigenvalue weighted by atomic mass is 10.2. The fourth-order valence-corrected chi connectivity index (χ4v) is 3.17. The number of aromatic nitrogens is 2. The summed E-state index contributed by atoms with van der Waals surface area (Å²) in [6.45, 7) is 3.26. The first-order valence-corrected chi connectivity index (χ1v) is 9.46. The molecule has 1 fully saturated rings. The molecular formula is C22H23N3O3. The quantitative estimate of drug-likeness (QED) is 0.705. The first-order valence-electron chi connectivity index (χ1n) is 9.46. The normalized spacial score (nSPS) is 16.1. The average molecular weight is 377 g/mol. The van der Waals surface area contributed by atoms with Gasteiger partial charge in [0.15, 0.2) is 5.69 Å². The van der Waals surface area contributed by atoms with Gasteiger partial charge >= 0.3 is 0 Å². The Morgan fingerprint density at radius 1 is 1.25 bits per heavy atom. The Hall–Kier alpha value is -3.12. The minimum Gasteiger partial charge on any atom is -0.489 e. The molecule has 1 unspecified atom stereocenters. The van der Waals surface area contributed by atoms with Crippen molar-refractivity contribution in [3.63, 3.8) is 0 Å². The summed E-state index contributed by atoms with van der Waals surface area (Å²) >= 11 is 0. The van der Waals surface area contributed by atoms with Crippen LogP contribution in [-0.2, 0) is 4.74 Å². The topological polar surface area (TPSA) is 65.4 Å². The van der Waals surface area contributed by atoms with E-state index >= 15 is 0 Å². The van der Waals surface area contributed by atoms with Gasteiger partial charge in [-0.2, -0.15) is 5.10 Å². The number of para-hydroxylation sites is 1. The fraction of sp³-hybridized carbons (Fsp3) is 0.273. The Balaban J connectivity index is 1.47. The molecule has 0 bridgehead atoms. The van der Waals surface area contributed by atoms with Crippen molar-refractivity contribution in [2.45, 2.75) is 25.9 Å². The summed E-state index contributed by atoms with van der Waals surface area (Å²) < 4.78 is 13.2. The number of nitrogens with zero attached hydrogens (tertiary/aromatic N) is 2. The van der Waals surface area contributed by atoms with Gasteiger partial charge in [0.05, 0.1) is 17.5 Å². The Bertz CT molecular complexity index is 947. The van der Waals surface area contributed by atoms with Gasteiger partial charge in [-0.3, -0.25) is 4.79 Å². The number of ether oxygens (including phenoxy) is 2. The van der Waals surface area contributed by atoms with E-state index in [9.17, 15) is 4.79 Å². The van der Waals surface area contributed by atoms with Crippen molar-refractivity contribution in [1.29, 1.82) is 0 Å². The van der Waals surface area contributed by atoms with Crippen molar-refractivity contribution in [2.75, 3.05) is 18.5 Å². The van der Waals surface area contributed by atoms with Gasteiger partial charge < -0.3 is 14.8 Å². The summed E-state index contributed by atoms with van der Waals surface area (Å²) in [5.41, 5.74) is 2.93. The minimum absolute atomic E-state index is 0.116. The van der Waals surface area contributed by atoms with E-state index in [0.29, 0.717) is 23.7 Å². The standard InChI is InChI=1S/C22H23N3O3/c1-16-9-10-19(21(14-16)28-15-18-8-5-13-27-18)23-22(26)20-11-12-25(24-20)17-6-3-2-4-7-17/h2-4,6-7,9-12,14,18H,5,8,13,15H2,1H3,(H,23,26). The molecule has 3 aromatic rings. The molecule has 2 heterocycles. The van der Waals surface area contributed by atoms with Crippen LogP contribution in [0.5, 0.6) is 5.75 Å². The number of carbonyl (C=O) groups is 1. The van der Waals surface area contributed by atoms with Crippen LogP contribution < -0.4 is 10.1 Å². The van der Waals surface area contributed by atoms with Crippen molar-refractivity contribution in [3.05, 3.63) is 72.1 Å². The second-order valence-corrected chi connectivity index (χ2v) is 6.88. The van der Waals surface area contributed by atoms with Crippen LogP contribution in [0.15, 0.2) is 60.8 Å². The van der Waals surface area contributed by atoms with Crippen molar-refractivity contribution >= 4 is 11.6 Å². The number of anilines is 1. The molecule has 28 heavy (non-hydrogen) atoms. The van der Waals surface area contributed by atoms with E-state index in [1.54, 1.807) is 16.9 Å². The highest BCUT2D eigenvalue weighted by atomic mass is 16.5. The monoisotopic (exact) mass is 377 g/mol. The van der Waals surface area contributed by atoms with Crippen LogP contribution in [0.2, 0.25) is 0 Å². The zero-order chi connectivity index (χ0) is 19.3. The number of rotatable bonds is 6. The molecule has 2 aromatic carbocycles. The predicted molar refractivity (Wildman–Crippen MR) is 107 cm³/mol. The van der Waals surface area contributed by atoms with Crippen LogP contribution in [0.1, 0.15) is 28.9 Å². The number of hydrogen-bond donors (Lipinski definition) is 1. The molecule has 1 aromatic heterocycles. The van der Waals surface area contributed by atoms with E-state index in [-0.39, 0.29) is 12.0 Å². The zero-order valence-corrected chi connectivity index (χ0v) is 15.8. The number of nitrogens with one attached hydrogen (secondary N) is 1. The van der Waals surface area contributed by atoms with Crippen molar-refractivity contribution in [3.8, 4) is 11.4 Å². The molecule has 1 aliphatic rings. The summed E-state index contributed by atoms with van der Waals surface area (Å²) in [4.78, 5) is 12.7. The predicted octanol–water partition coefficient (Wildman–Crippen LogP) is 3.99. The van der Waals surface area contributed by atoms with Crippen molar-refractivity contribution in [1.82, 2.24) is 9.78 Å². The van der Waals surface area contributed by atoms with Gasteiger partial charge in [-0.25, -0.2) is 4.68 Å². The summed E-state index contributed by atoms with van der Waals surface area (Å²) in [5.74, 6) is 0.367. The van der Waals surface area contributed by atoms with Gasteiger partial charge in [-0.1, -0.05) is 24.3 Å². The molecule has 1 amide bonds. The third-order valence-corrected chi connectivity index (χ3v) is 4.68. The third kappa shape index (κ3) is 4.23. The van der Waals surface area contributed by atoms with E-state index < -0.39 is 0 Å². The molecule has 0 aliphatic carbocycles. The molecule has 4 rings (SSSR count). The van der Waals surface area contributed by atoms with Crippen molar-refractivity contribution in [2.24, 2.45) is 0 Å². The Labute approximate surface area is 164 Å². The molecule has 1 N–H and O–H groups in total. The van der Waals surface area contributed by atoms with E-state index in [4.69, 9.17) is 9.47 Å². The SMILES string of the molecule is Cc1ccc(NC(=O)c2ccn(-c3ccccc3)n2)c(OCC2CCCO2)c1. The molecule has 144 valence electrons. The molecule has 6 heteroatoms. The lowest BCUT2D eigenvalue weighted by Crippen LogP contribution is -2.18. The Morgan fingerprint density at radius 2 is 2.11 bits per heavy atom. The maximum Gasteiger partial charge on any atom is 0.276 e. The van der Waals surface area contributed by atoms with E-state index in [0.717, 1.165) is 30.7 Å². The number of amides is 1. The highest BCUT2D eigenvalue weighted by molar-refractivity contribution is 6.03. The van der Waals surface area contributed by atoms with E-state index in [1.165, 1.54) is 0 Å². The molecule has 0 radical (unpaired) electrons. The highest BCUT2D eigenvalue weighted by Crippen LogP contribution is 2.27. The molecule has 1 saturated heterocycles. The molecule has 1 aliphatic heterocycles. The van der Waals surface area contributed by atoms with Gasteiger partial charge in [0.25, 0.3) is 5.91 Å². The smallest absolute Gasteiger partial charge is 0.276 e. The van der Waals surface area contributed by atoms with Gasteiger partial charge in [0.1, 0.15) is 12.4 Å². The zero-order valence-electron chi connectivity index (χ0n) is 15.8. The van der Waals surface area contributed by atoms with Gasteiger partial charge in [-0.05, 0) is 55.7 Å². The third-order valence-electron chi connectivity index (χ3n) is 4.68. The number of aryl methyl sites for hydroxylation is 1. The number of benzene rings is 2. The van der Waals surface area contributed by atoms with Crippen LogP contribution in [-0.4, -0.2) is 35.0 Å². The minimum atomic E-state index is -0.277. The second kappa shape index (κ2) is 8.27. The van der Waals surface area contributed by atoms with Crippen LogP contribution >= 0.6 is 0 Å². The van der Waals surface area contributed by atoms with E-state index in [2.05, 4.69) is 10.4 Å². The largest absolute Gasteiger partial charge is 0.489 e. The van der Waals surface area contributed by atoms with E-state index in [1.807, 2.05) is 55.5 Å². The maximum absolute atomic E-state index is 12.7. The average Bonchev–Trinajstić information content (AvgIpc) is 3.41. The molecule has 6 nitrogen and oxygen atoms in total. The van der Waals surface area contributed by atoms with Crippen LogP contribution in [0.4, 0.5) is 5.69 Å². The van der Waals surface area contributed by atoms with Crippen LogP contribution in [0, 0.1) is 6.92 Å². The summed E-state index contributed by atoms with van der Waals surface area (Å²) in [6, 6.07) is 17.1. The lowest BCUT2D eigenvalue weighted by molar-refractivity contribution is 0.0681. The number of carbonyl (C=O) groups excluding carboxylic acids is 1. The number of hydrogen-bond acceptors (Lipinski definition) is 4. The van der Waals surface area contributed by atoms with Crippen LogP contribution in [0.25, 0.3) is 5.69 Å². The lowest BCUT2D eigenvalue weighted by Gasteiger charge is -2.15. The van der Waals surface area contributed by atoms with Crippen molar-refractivity contribution < 1.29 is 14.3 Å². The summed E-state index contributed by atoms with van der Waals surface area (Å²) in [6.07, 6.45) is 3.96. The second-order valence-electron chi connectivity index (χ2n) is 6.88. The molecule has 0 spiro atoms. The van der Waals surface area contributed by atoms with Gasteiger partial charge in [0, 0.05) is 12.8 Å². The first kappa shape index (κ1) is 18.3. The maximum atomic E-state index is 12.7. The Kier molecular flexibility index (Phi) is 5.39. The van der Waals surface area contributed by atoms with Crippen LogP contribution in [0.3, 0.4) is 0 Å². The fourth-order valence-electron chi connectivity index (χ4n) is 3.17. The summed E-state index contributed by atoms with van der Waals surface area (Å²) in [7, 11) is 0.